The zero-order valence-corrected chi connectivity index (χ0v) is 18.2. The molecule has 0 unspecified atom stereocenters. The molecule has 0 atom stereocenters. The fourth-order valence-electron chi connectivity index (χ4n) is 4.64. The number of benzene rings is 3. The molecule has 0 aliphatic carbocycles. The summed E-state index contributed by atoms with van der Waals surface area (Å²) in [7, 11) is 0. The molecule has 0 amide bonds. The van der Waals surface area contributed by atoms with E-state index in [0.29, 0.717) is 0 Å². The molecule has 0 aliphatic rings. The fourth-order valence-corrected chi connectivity index (χ4v) is 4.64. The molecule has 0 saturated heterocycles. The lowest BCUT2D eigenvalue weighted by Crippen LogP contribution is -1.97. The number of hydrogen-bond donors (Lipinski definition) is 0. The number of nitrogens with zero attached hydrogens (tertiary/aromatic N) is 5. The molecule has 4 heterocycles. The predicted molar refractivity (Wildman–Crippen MR) is 136 cm³/mol. The summed E-state index contributed by atoms with van der Waals surface area (Å²) >= 11 is 0. The maximum absolute atomic E-state index is 4.96. The number of imidazole rings is 2. The van der Waals surface area contributed by atoms with Gasteiger partial charge in [0.15, 0.2) is 5.65 Å². The molecule has 0 bridgehead atoms. The molecule has 4 aromatic heterocycles. The van der Waals surface area contributed by atoms with E-state index in [9.17, 15) is 0 Å². The van der Waals surface area contributed by atoms with Crippen LogP contribution >= 0.6 is 0 Å². The smallest absolute Gasteiger partial charge is 0.221 e. The lowest BCUT2D eigenvalue weighted by molar-refractivity contribution is 1.09. The Balaban J connectivity index is 1.44. The monoisotopic (exact) mass is 437 g/mol. The van der Waals surface area contributed by atoms with E-state index >= 15 is 0 Å². The molecular weight excluding hydrogens is 418 g/mol. The number of para-hydroxylation sites is 2. The van der Waals surface area contributed by atoms with Gasteiger partial charge in [0.25, 0.3) is 0 Å². The fraction of sp³-hybridized carbons (Fsp3) is 0. The van der Waals surface area contributed by atoms with Crippen molar-refractivity contribution in [2.75, 3.05) is 0 Å². The second kappa shape index (κ2) is 7.39. The molecule has 5 nitrogen and oxygen atoms in total. The summed E-state index contributed by atoms with van der Waals surface area (Å²) in [6.45, 7) is 0. The first-order valence-electron chi connectivity index (χ1n) is 11.2. The second-order valence-electron chi connectivity index (χ2n) is 8.24. The van der Waals surface area contributed by atoms with Gasteiger partial charge in [0.2, 0.25) is 5.78 Å². The third-order valence-electron chi connectivity index (χ3n) is 6.18. The van der Waals surface area contributed by atoms with Crippen molar-refractivity contribution >= 4 is 28.0 Å². The van der Waals surface area contributed by atoms with Crippen LogP contribution in [0.25, 0.3) is 56.2 Å². The molecule has 3 aromatic carbocycles. The third kappa shape index (κ3) is 2.84. The van der Waals surface area contributed by atoms with Gasteiger partial charge in [-0.05, 0) is 48.5 Å². The Morgan fingerprint density at radius 2 is 1.29 bits per heavy atom. The van der Waals surface area contributed by atoms with Crippen LogP contribution in [0.5, 0.6) is 0 Å². The van der Waals surface area contributed by atoms with Crippen molar-refractivity contribution in [1.29, 1.82) is 0 Å². The summed E-state index contributed by atoms with van der Waals surface area (Å²) in [4.78, 5) is 14.6. The number of rotatable bonds is 3. The maximum atomic E-state index is 4.96. The molecule has 7 aromatic rings. The van der Waals surface area contributed by atoms with Gasteiger partial charge in [0, 0.05) is 17.3 Å². The van der Waals surface area contributed by atoms with Crippen molar-refractivity contribution in [1.82, 2.24) is 23.9 Å². The van der Waals surface area contributed by atoms with Crippen LogP contribution in [-0.4, -0.2) is 23.9 Å². The van der Waals surface area contributed by atoms with Crippen LogP contribution in [0.3, 0.4) is 0 Å². The summed E-state index contributed by atoms with van der Waals surface area (Å²) < 4.78 is 4.30. The highest BCUT2D eigenvalue weighted by molar-refractivity contribution is 5.90. The van der Waals surface area contributed by atoms with Gasteiger partial charge in [-0.1, -0.05) is 60.7 Å². The first-order valence-corrected chi connectivity index (χ1v) is 11.2. The van der Waals surface area contributed by atoms with E-state index in [-0.39, 0.29) is 0 Å². The van der Waals surface area contributed by atoms with Gasteiger partial charge in [-0.3, -0.25) is 8.97 Å². The quantitative estimate of drug-likeness (QED) is 0.315. The SMILES string of the molecule is c1ccc(-c2cccc(-c3cccc(-n4c5ncccc5n5c6ccccc6nc45)c3)n2)cc1. The minimum Gasteiger partial charge on any atom is -0.274 e. The molecule has 0 spiro atoms. The lowest BCUT2D eigenvalue weighted by Gasteiger charge is -2.09. The number of hydrogen-bond acceptors (Lipinski definition) is 3. The van der Waals surface area contributed by atoms with Gasteiger partial charge in [-0.15, -0.1) is 0 Å². The van der Waals surface area contributed by atoms with Crippen LogP contribution < -0.4 is 0 Å². The van der Waals surface area contributed by atoms with Crippen molar-refractivity contribution in [3.8, 4) is 28.2 Å². The molecular formula is C29H19N5. The van der Waals surface area contributed by atoms with Crippen molar-refractivity contribution in [2.45, 2.75) is 0 Å². The maximum Gasteiger partial charge on any atom is 0.221 e. The van der Waals surface area contributed by atoms with Crippen LogP contribution in [0.1, 0.15) is 0 Å². The van der Waals surface area contributed by atoms with Crippen molar-refractivity contribution in [3.63, 3.8) is 0 Å². The largest absolute Gasteiger partial charge is 0.274 e. The third-order valence-corrected chi connectivity index (χ3v) is 6.18. The molecule has 0 N–H and O–H groups in total. The van der Waals surface area contributed by atoms with E-state index in [2.05, 4.69) is 69.6 Å². The second-order valence-corrected chi connectivity index (χ2v) is 8.24. The molecule has 34 heavy (non-hydrogen) atoms. The molecule has 5 heteroatoms. The highest BCUT2D eigenvalue weighted by Gasteiger charge is 2.18. The summed E-state index contributed by atoms with van der Waals surface area (Å²) in [5, 5.41) is 0. The van der Waals surface area contributed by atoms with Crippen LogP contribution in [-0.2, 0) is 0 Å². The highest BCUT2D eigenvalue weighted by Crippen LogP contribution is 2.30. The van der Waals surface area contributed by atoms with E-state index in [1.807, 2.05) is 54.7 Å². The predicted octanol–water partition coefficient (Wildman–Crippen LogP) is 6.56. The Morgan fingerprint density at radius 3 is 2.21 bits per heavy atom. The first-order chi connectivity index (χ1) is 16.9. The van der Waals surface area contributed by atoms with E-state index in [1.54, 1.807) is 0 Å². The standard InChI is InChI=1S/C29H19N5/c1-2-9-20(10-3-1)23-14-7-15-24(31-23)21-11-6-12-22(19-21)33-28-27(17-8-18-30-28)34-26-16-5-4-13-25(26)32-29(33)34/h1-19H. The van der Waals surface area contributed by atoms with Gasteiger partial charge >= 0.3 is 0 Å². The molecule has 0 aliphatic heterocycles. The highest BCUT2D eigenvalue weighted by atomic mass is 15.2. The van der Waals surface area contributed by atoms with Crippen LogP contribution in [0.15, 0.2) is 115 Å². The van der Waals surface area contributed by atoms with E-state index in [1.165, 1.54) is 0 Å². The molecule has 7 rings (SSSR count). The Morgan fingerprint density at radius 1 is 0.559 bits per heavy atom. The minimum atomic E-state index is 0.845. The van der Waals surface area contributed by atoms with Crippen LogP contribution in [0.4, 0.5) is 0 Å². The van der Waals surface area contributed by atoms with Gasteiger partial charge in [-0.25, -0.2) is 15.0 Å². The van der Waals surface area contributed by atoms with Gasteiger partial charge in [-0.2, -0.15) is 0 Å². The summed E-state index contributed by atoms with van der Waals surface area (Å²) in [5.41, 5.74) is 8.97. The lowest BCUT2D eigenvalue weighted by atomic mass is 10.1. The van der Waals surface area contributed by atoms with Crippen molar-refractivity contribution < 1.29 is 0 Å². The summed E-state index contributed by atoms with van der Waals surface area (Å²) in [5.74, 6) is 0.845. The van der Waals surface area contributed by atoms with Gasteiger partial charge in [0.1, 0.15) is 0 Å². The first kappa shape index (κ1) is 18.8. The van der Waals surface area contributed by atoms with E-state index in [0.717, 1.165) is 56.2 Å². The molecule has 0 fully saturated rings. The summed E-state index contributed by atoms with van der Waals surface area (Å²) in [6, 6.07) is 37.1. The molecule has 0 saturated carbocycles. The topological polar surface area (TPSA) is 48.0 Å². The van der Waals surface area contributed by atoms with Gasteiger partial charge in [0.05, 0.1) is 33.6 Å². The van der Waals surface area contributed by atoms with Gasteiger partial charge < -0.3 is 0 Å². The zero-order chi connectivity index (χ0) is 22.5. The number of pyridine rings is 2. The Labute approximate surface area is 195 Å². The van der Waals surface area contributed by atoms with Crippen LogP contribution in [0, 0.1) is 0 Å². The number of aromatic nitrogens is 5. The summed E-state index contributed by atoms with van der Waals surface area (Å²) in [6.07, 6.45) is 1.83. The number of fused-ring (bicyclic) bond motifs is 5. The van der Waals surface area contributed by atoms with Crippen molar-refractivity contribution in [2.24, 2.45) is 0 Å². The molecule has 160 valence electrons. The molecule has 0 radical (unpaired) electrons. The average Bonchev–Trinajstić information content (AvgIpc) is 3.44. The Kier molecular flexibility index (Phi) is 4.08. The van der Waals surface area contributed by atoms with Crippen LogP contribution in [0.2, 0.25) is 0 Å². The normalized spacial score (nSPS) is 11.5. The Hall–Kier alpha value is -4.77. The zero-order valence-electron chi connectivity index (χ0n) is 18.2. The minimum absolute atomic E-state index is 0.845. The van der Waals surface area contributed by atoms with Crippen molar-refractivity contribution in [3.05, 3.63) is 115 Å². The van der Waals surface area contributed by atoms with E-state index < -0.39 is 0 Å². The average molecular weight is 438 g/mol. The van der Waals surface area contributed by atoms with E-state index in [4.69, 9.17) is 15.0 Å². The Bertz CT molecular complexity index is 1810.